The van der Waals surface area contributed by atoms with Crippen molar-refractivity contribution >= 4 is 23.0 Å². The van der Waals surface area contributed by atoms with Crippen molar-refractivity contribution in [2.75, 3.05) is 11.9 Å². The van der Waals surface area contributed by atoms with Gasteiger partial charge in [0.2, 0.25) is 5.15 Å². The summed E-state index contributed by atoms with van der Waals surface area (Å²) in [6.45, 7) is 2.74. The van der Waals surface area contributed by atoms with Gasteiger partial charge in [-0.05, 0) is 12.5 Å². The summed E-state index contributed by atoms with van der Waals surface area (Å²) in [5, 5.41) is 13.6. The van der Waals surface area contributed by atoms with Crippen LogP contribution in [-0.2, 0) is 0 Å². The Morgan fingerprint density at radius 1 is 1.67 bits per heavy atom. The van der Waals surface area contributed by atoms with Gasteiger partial charge >= 0.3 is 5.69 Å². The van der Waals surface area contributed by atoms with Crippen molar-refractivity contribution in [3.8, 4) is 0 Å². The number of pyridine rings is 1. The summed E-state index contributed by atoms with van der Waals surface area (Å²) < 4.78 is 0. The molecule has 1 aromatic heterocycles. The molecule has 0 bridgehead atoms. The molecule has 1 rings (SSSR count). The van der Waals surface area contributed by atoms with E-state index in [4.69, 9.17) is 11.6 Å². The van der Waals surface area contributed by atoms with Crippen molar-refractivity contribution in [2.45, 2.75) is 19.8 Å². The maximum Gasteiger partial charge on any atom is 0.329 e. The first-order valence-corrected chi connectivity index (χ1v) is 5.07. The number of nitrogens with one attached hydrogen (secondary N) is 1. The van der Waals surface area contributed by atoms with Crippen molar-refractivity contribution in [3.63, 3.8) is 0 Å². The Kier molecular flexibility index (Phi) is 4.30. The topological polar surface area (TPSA) is 68.1 Å². The molecule has 6 heteroatoms. The highest BCUT2D eigenvalue weighted by Gasteiger charge is 2.18. The molecule has 0 fully saturated rings. The molecule has 1 heterocycles. The van der Waals surface area contributed by atoms with Gasteiger partial charge in [-0.15, -0.1) is 0 Å². The number of hydrogen-bond acceptors (Lipinski definition) is 4. The van der Waals surface area contributed by atoms with Crippen LogP contribution in [0.5, 0.6) is 0 Å². The Labute approximate surface area is 92.6 Å². The summed E-state index contributed by atoms with van der Waals surface area (Å²) in [5.41, 5.74) is 0.267. The minimum absolute atomic E-state index is 0.0819. The van der Waals surface area contributed by atoms with Crippen LogP contribution in [0.15, 0.2) is 12.3 Å². The monoisotopic (exact) mass is 229 g/mol. The molecule has 0 atom stereocenters. The summed E-state index contributed by atoms with van der Waals surface area (Å²) in [6, 6.07) is 1.56. The smallest absolute Gasteiger partial charge is 0.329 e. The fraction of sp³-hybridized carbons (Fsp3) is 0.444. The van der Waals surface area contributed by atoms with E-state index in [2.05, 4.69) is 17.2 Å². The number of unbranched alkanes of at least 4 members (excludes halogenated alkanes) is 1. The van der Waals surface area contributed by atoms with Crippen LogP contribution in [0.1, 0.15) is 19.8 Å². The van der Waals surface area contributed by atoms with E-state index in [0.29, 0.717) is 12.2 Å². The van der Waals surface area contributed by atoms with E-state index in [1.54, 1.807) is 6.07 Å². The normalized spacial score (nSPS) is 10.0. The highest BCUT2D eigenvalue weighted by Crippen LogP contribution is 2.30. The molecule has 0 radical (unpaired) electrons. The molecule has 0 aliphatic heterocycles. The zero-order chi connectivity index (χ0) is 11.3. The van der Waals surface area contributed by atoms with Crippen LogP contribution >= 0.6 is 11.6 Å². The summed E-state index contributed by atoms with van der Waals surface area (Å²) in [6.07, 6.45) is 3.43. The number of nitro groups is 1. The van der Waals surface area contributed by atoms with Gasteiger partial charge in [0.15, 0.2) is 0 Å². The van der Waals surface area contributed by atoms with Gasteiger partial charge in [0.1, 0.15) is 5.69 Å². The van der Waals surface area contributed by atoms with Crippen LogP contribution in [0.2, 0.25) is 5.15 Å². The molecule has 5 nitrogen and oxygen atoms in total. The summed E-state index contributed by atoms with van der Waals surface area (Å²) in [7, 11) is 0. The number of aromatic nitrogens is 1. The molecule has 0 aliphatic rings. The largest absolute Gasteiger partial charge is 0.379 e. The number of hydrogen-bond donors (Lipinski definition) is 1. The van der Waals surface area contributed by atoms with Crippen LogP contribution < -0.4 is 5.32 Å². The highest BCUT2D eigenvalue weighted by molar-refractivity contribution is 6.32. The van der Waals surface area contributed by atoms with Crippen LogP contribution in [0, 0.1) is 10.1 Å². The molecule has 0 spiro atoms. The molecule has 82 valence electrons. The van der Waals surface area contributed by atoms with E-state index in [1.165, 1.54) is 6.20 Å². The predicted octanol–water partition coefficient (Wildman–Crippen LogP) is 2.86. The molecule has 1 N–H and O–H groups in total. The van der Waals surface area contributed by atoms with Gasteiger partial charge in [-0.3, -0.25) is 10.1 Å². The van der Waals surface area contributed by atoms with Crippen molar-refractivity contribution in [3.05, 3.63) is 27.5 Å². The van der Waals surface area contributed by atoms with Gasteiger partial charge in [0, 0.05) is 12.7 Å². The standard InChI is InChI=1S/C9H12ClN3O2/c1-2-3-5-11-7-4-6-12-9(10)8(7)13(14)15/h4,6H,2-3,5H2,1H3,(H,11,12). The third-order valence-corrected chi connectivity index (χ3v) is 2.18. The number of nitrogens with zero attached hydrogens (tertiary/aromatic N) is 2. The van der Waals surface area contributed by atoms with E-state index >= 15 is 0 Å². The first-order valence-electron chi connectivity index (χ1n) is 4.69. The van der Waals surface area contributed by atoms with E-state index in [9.17, 15) is 10.1 Å². The molecule has 0 aliphatic carbocycles. The minimum Gasteiger partial charge on any atom is -0.379 e. The average Bonchev–Trinajstić information content (AvgIpc) is 2.17. The minimum atomic E-state index is -0.524. The van der Waals surface area contributed by atoms with Gasteiger partial charge in [0.25, 0.3) is 0 Å². The maximum absolute atomic E-state index is 10.7. The fourth-order valence-electron chi connectivity index (χ4n) is 1.14. The maximum atomic E-state index is 10.7. The Hall–Kier alpha value is -1.36. The molecular formula is C9H12ClN3O2. The van der Waals surface area contributed by atoms with Crippen molar-refractivity contribution < 1.29 is 4.92 Å². The van der Waals surface area contributed by atoms with Gasteiger partial charge in [-0.25, -0.2) is 4.98 Å². The summed E-state index contributed by atoms with van der Waals surface area (Å²) >= 11 is 5.64. The number of rotatable bonds is 5. The van der Waals surface area contributed by atoms with Crippen molar-refractivity contribution in [1.82, 2.24) is 4.98 Å². The zero-order valence-electron chi connectivity index (χ0n) is 8.36. The summed E-state index contributed by atoms with van der Waals surface area (Å²) in [5.74, 6) is 0. The van der Waals surface area contributed by atoms with E-state index in [-0.39, 0.29) is 10.8 Å². The number of anilines is 1. The third kappa shape index (κ3) is 3.06. The zero-order valence-corrected chi connectivity index (χ0v) is 9.12. The Bertz CT molecular complexity index is 357. The predicted molar refractivity (Wildman–Crippen MR) is 59.3 cm³/mol. The first-order chi connectivity index (χ1) is 7.16. The highest BCUT2D eigenvalue weighted by atomic mass is 35.5. The van der Waals surface area contributed by atoms with Crippen molar-refractivity contribution in [2.24, 2.45) is 0 Å². The second kappa shape index (κ2) is 5.50. The van der Waals surface area contributed by atoms with Crippen LogP contribution in [-0.4, -0.2) is 16.5 Å². The van der Waals surface area contributed by atoms with Crippen LogP contribution in [0.25, 0.3) is 0 Å². The Morgan fingerprint density at radius 2 is 2.40 bits per heavy atom. The summed E-state index contributed by atoms with van der Waals surface area (Å²) in [4.78, 5) is 13.9. The third-order valence-electron chi connectivity index (χ3n) is 1.91. The first kappa shape index (κ1) is 11.7. The Balaban J connectivity index is 2.86. The molecule has 0 amide bonds. The molecule has 0 unspecified atom stereocenters. The lowest BCUT2D eigenvalue weighted by molar-refractivity contribution is -0.384. The van der Waals surface area contributed by atoms with Gasteiger partial charge in [-0.1, -0.05) is 24.9 Å². The molecule has 0 saturated carbocycles. The van der Waals surface area contributed by atoms with E-state index in [0.717, 1.165) is 12.8 Å². The second-order valence-electron chi connectivity index (χ2n) is 3.04. The lowest BCUT2D eigenvalue weighted by Crippen LogP contribution is -2.04. The van der Waals surface area contributed by atoms with Crippen LogP contribution in [0.4, 0.5) is 11.4 Å². The molecule has 0 saturated heterocycles. The fourth-order valence-corrected chi connectivity index (χ4v) is 1.37. The van der Waals surface area contributed by atoms with E-state index in [1.807, 2.05) is 0 Å². The Morgan fingerprint density at radius 3 is 3.00 bits per heavy atom. The molecule has 1 aromatic rings. The lowest BCUT2D eigenvalue weighted by Gasteiger charge is -2.06. The van der Waals surface area contributed by atoms with E-state index < -0.39 is 4.92 Å². The quantitative estimate of drug-likeness (QED) is 0.365. The lowest BCUT2D eigenvalue weighted by atomic mass is 10.3. The number of halogens is 1. The van der Waals surface area contributed by atoms with Crippen LogP contribution in [0.3, 0.4) is 0 Å². The molecule has 15 heavy (non-hydrogen) atoms. The molecule has 0 aromatic carbocycles. The average molecular weight is 230 g/mol. The van der Waals surface area contributed by atoms with Crippen molar-refractivity contribution in [1.29, 1.82) is 0 Å². The van der Waals surface area contributed by atoms with Gasteiger partial charge in [-0.2, -0.15) is 0 Å². The van der Waals surface area contributed by atoms with Gasteiger partial charge in [0.05, 0.1) is 4.92 Å². The van der Waals surface area contributed by atoms with Gasteiger partial charge < -0.3 is 5.32 Å². The SMILES string of the molecule is CCCCNc1ccnc(Cl)c1[N+](=O)[O-]. The molecular weight excluding hydrogens is 218 g/mol. The second-order valence-corrected chi connectivity index (χ2v) is 3.39.